The van der Waals surface area contributed by atoms with Gasteiger partial charge in [-0.15, -0.1) is 0 Å². The summed E-state index contributed by atoms with van der Waals surface area (Å²) in [7, 11) is 0. The van der Waals surface area contributed by atoms with E-state index in [0.717, 1.165) is 5.33 Å². The molecule has 2 rings (SSSR count). The quantitative estimate of drug-likeness (QED) is 0.256. The molecule has 142 valence electrons. The summed E-state index contributed by atoms with van der Waals surface area (Å²) in [5.74, 6) is 0. The van der Waals surface area contributed by atoms with E-state index >= 15 is 0 Å². The molecule has 0 saturated heterocycles. The second-order valence-corrected chi connectivity index (χ2v) is 18.9. The second kappa shape index (κ2) is 9.28. The summed E-state index contributed by atoms with van der Waals surface area (Å²) in [6, 6.07) is 19.2. The van der Waals surface area contributed by atoms with Crippen LogP contribution in [0.5, 0.6) is 0 Å². The van der Waals surface area contributed by atoms with E-state index in [9.17, 15) is 0 Å². The molecule has 0 unspecified atom stereocenters. The van der Waals surface area contributed by atoms with Gasteiger partial charge < -0.3 is 0 Å². The van der Waals surface area contributed by atoms with Crippen LogP contribution in [-0.2, 0) is 10.8 Å². The Labute approximate surface area is 176 Å². The normalized spacial score (nSPS) is 12.6. The first kappa shape index (κ1) is 22.0. The van der Waals surface area contributed by atoms with E-state index in [4.69, 9.17) is 0 Å². The molecule has 0 N–H and O–H groups in total. The van der Waals surface area contributed by atoms with Crippen molar-refractivity contribution in [3.8, 4) is 0 Å². The minimum atomic E-state index is -1.99. The van der Waals surface area contributed by atoms with E-state index in [1.807, 2.05) is 0 Å². The fraction of sp³-hybridized carbons (Fsp3) is 0.500. The molecule has 0 saturated carbocycles. The molecule has 0 bridgehead atoms. The van der Waals surface area contributed by atoms with Gasteiger partial charge in [-0.3, -0.25) is 0 Å². The molecule has 0 aliphatic rings. The average Bonchev–Trinajstić information content (AvgIpc) is 2.58. The molecule has 0 atom stereocenters. The standard InChI is InChI=1S/2C10H13.C4H8Br.Sn.H/c2*1-10(2,3)9-7-5-4-6-8-9;1-2-3-4-5;;/h2*5-8H,1-3H3;1-4H2;;. The van der Waals surface area contributed by atoms with Gasteiger partial charge in [-0.25, -0.2) is 0 Å². The van der Waals surface area contributed by atoms with Crippen molar-refractivity contribution < 1.29 is 0 Å². The fourth-order valence-electron chi connectivity index (χ4n) is 3.40. The van der Waals surface area contributed by atoms with Crippen molar-refractivity contribution in [1.82, 2.24) is 0 Å². The molecular weight excluding hydrogens is 487 g/mol. The average molecular weight is 522 g/mol. The Balaban J connectivity index is 2.31. The maximum atomic E-state index is 3.60. The Morgan fingerprint density at radius 2 is 1.04 bits per heavy atom. The van der Waals surface area contributed by atoms with Gasteiger partial charge in [0.2, 0.25) is 0 Å². The summed E-state index contributed by atoms with van der Waals surface area (Å²) >= 11 is 1.61. The van der Waals surface area contributed by atoms with Gasteiger partial charge >= 0.3 is 177 Å². The Morgan fingerprint density at radius 1 is 0.654 bits per heavy atom. The van der Waals surface area contributed by atoms with Crippen molar-refractivity contribution in [2.45, 2.75) is 69.7 Å². The predicted octanol–water partition coefficient (Wildman–Crippen LogP) is 5.80. The first-order valence-electron chi connectivity index (χ1n) is 9.90. The molecule has 0 aliphatic heterocycles. The third kappa shape index (κ3) is 6.12. The van der Waals surface area contributed by atoms with Crippen LogP contribution in [-0.4, -0.2) is 25.1 Å². The van der Waals surface area contributed by atoms with Gasteiger partial charge in [-0.05, 0) is 0 Å². The molecule has 26 heavy (non-hydrogen) atoms. The van der Waals surface area contributed by atoms with E-state index in [2.05, 4.69) is 106 Å². The number of hydrogen-bond donors (Lipinski definition) is 0. The Bertz CT molecular complexity index is 615. The van der Waals surface area contributed by atoms with Gasteiger partial charge in [0.15, 0.2) is 0 Å². The Hall–Kier alpha value is -0.281. The summed E-state index contributed by atoms with van der Waals surface area (Å²) in [6.45, 7) is 13.8. The molecule has 2 heteroatoms. The van der Waals surface area contributed by atoms with Crippen molar-refractivity contribution in [3.05, 3.63) is 59.7 Å². The fourth-order valence-corrected chi connectivity index (χ4v) is 12.5. The van der Waals surface area contributed by atoms with Crippen LogP contribution in [0.25, 0.3) is 0 Å². The molecule has 2 aromatic rings. The number of unbranched alkanes of at least 4 members (excludes halogenated alkanes) is 1. The van der Waals surface area contributed by atoms with Gasteiger partial charge in [-0.2, -0.15) is 0 Å². The van der Waals surface area contributed by atoms with Gasteiger partial charge in [0.1, 0.15) is 0 Å². The number of halogens is 1. The number of hydrogen-bond acceptors (Lipinski definition) is 0. The number of rotatable bonds is 6. The Kier molecular flexibility index (Phi) is 7.85. The molecule has 0 aliphatic carbocycles. The van der Waals surface area contributed by atoms with E-state index in [1.165, 1.54) is 28.4 Å². The monoisotopic (exact) mass is 522 g/mol. The SMILES string of the molecule is CC(C)(C)c1cc[c]([SnH]([CH2]CCCBr)[c]2ccc(C(C)(C)C)cc2)cc1. The van der Waals surface area contributed by atoms with Crippen molar-refractivity contribution >= 4 is 42.8 Å². The Morgan fingerprint density at radius 3 is 1.35 bits per heavy atom. The molecule has 2 aromatic carbocycles. The second-order valence-electron chi connectivity index (χ2n) is 9.48. The van der Waals surface area contributed by atoms with Crippen LogP contribution in [0, 0.1) is 0 Å². The molecule has 0 fully saturated rings. The van der Waals surface area contributed by atoms with Crippen LogP contribution < -0.4 is 7.16 Å². The van der Waals surface area contributed by atoms with Crippen molar-refractivity contribution in [1.29, 1.82) is 0 Å². The minimum absolute atomic E-state index is 0.230. The topological polar surface area (TPSA) is 0 Å². The van der Waals surface area contributed by atoms with E-state index in [0.29, 0.717) is 0 Å². The van der Waals surface area contributed by atoms with Crippen molar-refractivity contribution in [3.63, 3.8) is 0 Å². The zero-order valence-corrected chi connectivity index (χ0v) is 22.3. The third-order valence-corrected chi connectivity index (χ3v) is 15.4. The molecule has 0 heterocycles. The molecule has 0 aromatic heterocycles. The first-order chi connectivity index (χ1) is 12.1. The summed E-state index contributed by atoms with van der Waals surface area (Å²) in [5, 5.41) is 1.12. The van der Waals surface area contributed by atoms with Gasteiger partial charge in [0, 0.05) is 0 Å². The number of alkyl halides is 1. The van der Waals surface area contributed by atoms with Crippen molar-refractivity contribution in [2.24, 2.45) is 0 Å². The van der Waals surface area contributed by atoms with E-state index in [1.54, 1.807) is 7.16 Å². The van der Waals surface area contributed by atoms with Gasteiger partial charge in [0.05, 0.1) is 0 Å². The van der Waals surface area contributed by atoms with Crippen LogP contribution in [0.15, 0.2) is 48.5 Å². The summed E-state index contributed by atoms with van der Waals surface area (Å²) in [4.78, 5) is 0. The third-order valence-electron chi connectivity index (χ3n) is 5.23. The maximum absolute atomic E-state index is 3.60. The zero-order valence-electron chi connectivity index (χ0n) is 17.4. The van der Waals surface area contributed by atoms with Crippen LogP contribution in [0.4, 0.5) is 0 Å². The molecule has 0 amide bonds. The summed E-state index contributed by atoms with van der Waals surface area (Å²) in [5.41, 5.74) is 3.34. The zero-order chi connectivity index (χ0) is 19.4. The molecular formula is C24H35BrSn. The van der Waals surface area contributed by atoms with Crippen LogP contribution in [0.3, 0.4) is 0 Å². The van der Waals surface area contributed by atoms with Gasteiger partial charge in [0.25, 0.3) is 0 Å². The molecule has 0 spiro atoms. The van der Waals surface area contributed by atoms with Crippen molar-refractivity contribution in [2.75, 3.05) is 5.33 Å². The molecule has 0 radical (unpaired) electrons. The summed E-state index contributed by atoms with van der Waals surface area (Å²) in [6.07, 6.45) is 2.63. The van der Waals surface area contributed by atoms with E-state index < -0.39 is 19.8 Å². The van der Waals surface area contributed by atoms with E-state index in [-0.39, 0.29) is 10.8 Å². The van der Waals surface area contributed by atoms with Crippen LogP contribution in [0.1, 0.15) is 65.5 Å². The van der Waals surface area contributed by atoms with Crippen LogP contribution >= 0.6 is 15.9 Å². The predicted molar refractivity (Wildman–Crippen MR) is 125 cm³/mol. The molecule has 0 nitrogen and oxygen atoms in total. The van der Waals surface area contributed by atoms with Crippen LogP contribution in [0.2, 0.25) is 4.44 Å². The number of benzene rings is 2. The first-order valence-corrected chi connectivity index (χ1v) is 16.6. The van der Waals surface area contributed by atoms with Gasteiger partial charge in [-0.1, -0.05) is 0 Å². The summed E-state index contributed by atoms with van der Waals surface area (Å²) < 4.78 is 4.72.